The number of hydrogen-bond acceptors (Lipinski definition) is 5. The number of ether oxygens (including phenoxy) is 1. The molecule has 204 valence electrons. The largest absolute Gasteiger partial charge is 0.496 e. The number of nitrogens with one attached hydrogen (secondary N) is 1. The van der Waals surface area contributed by atoms with Crippen molar-refractivity contribution in [2.45, 2.75) is 31.1 Å². The van der Waals surface area contributed by atoms with Crippen molar-refractivity contribution >= 4 is 41.0 Å². The fraction of sp³-hybridized carbons (Fsp3) is 0.258. The molecular formula is C31H29ClN4O3S. The summed E-state index contributed by atoms with van der Waals surface area (Å²) >= 11 is 7.77. The highest BCUT2D eigenvalue weighted by Crippen LogP contribution is 2.50. The summed E-state index contributed by atoms with van der Waals surface area (Å²) in [6.45, 7) is 1.94. The van der Waals surface area contributed by atoms with E-state index in [9.17, 15) is 9.59 Å². The lowest BCUT2D eigenvalue weighted by Gasteiger charge is -2.23. The minimum Gasteiger partial charge on any atom is -0.496 e. The van der Waals surface area contributed by atoms with Gasteiger partial charge in [-0.05, 0) is 50.1 Å². The molecule has 6 rings (SSSR count). The van der Waals surface area contributed by atoms with Crippen LogP contribution in [0.3, 0.4) is 0 Å². The molecule has 1 saturated carbocycles. The Labute approximate surface area is 242 Å². The second-order valence-electron chi connectivity index (χ2n) is 10.1. The molecule has 1 aromatic heterocycles. The molecule has 1 unspecified atom stereocenters. The maximum absolute atomic E-state index is 13.8. The predicted molar refractivity (Wildman–Crippen MR) is 160 cm³/mol. The van der Waals surface area contributed by atoms with Crippen molar-refractivity contribution in [1.82, 2.24) is 15.1 Å². The SMILES string of the molecule is COc1ccccc1C1SCC(=O)N(CC(=O)NC2CC2)c2c1c(-c1ccc(Cl)cc1)nn2-c1ccc(C)cc1. The monoisotopic (exact) mass is 572 g/mol. The average molecular weight is 573 g/mol. The van der Waals surface area contributed by atoms with E-state index in [0.717, 1.165) is 52.2 Å². The van der Waals surface area contributed by atoms with Crippen molar-refractivity contribution in [2.75, 3.05) is 24.3 Å². The fourth-order valence-corrected chi connectivity index (χ4v) is 6.33. The summed E-state index contributed by atoms with van der Waals surface area (Å²) < 4.78 is 7.57. The summed E-state index contributed by atoms with van der Waals surface area (Å²) in [4.78, 5) is 28.5. The van der Waals surface area contributed by atoms with E-state index in [0.29, 0.717) is 10.8 Å². The standard InChI is InChI=1S/C31H29ClN4O3S/c1-19-7-15-23(16-8-19)36-31-28(29(34-36)20-9-11-21(32)12-10-20)30(24-5-3-4-6-25(24)39-2)40-18-27(38)35(31)17-26(37)33-22-13-14-22/h3-12,15-16,22,30H,13-14,17-18H2,1-2H3,(H,33,37). The Morgan fingerprint density at radius 3 is 2.50 bits per heavy atom. The second-order valence-corrected chi connectivity index (χ2v) is 11.6. The van der Waals surface area contributed by atoms with E-state index in [1.165, 1.54) is 11.8 Å². The summed E-state index contributed by atoms with van der Waals surface area (Å²) in [7, 11) is 1.65. The molecule has 1 aliphatic carbocycles. The van der Waals surface area contributed by atoms with Crippen molar-refractivity contribution in [1.29, 1.82) is 0 Å². The first-order valence-electron chi connectivity index (χ1n) is 13.2. The maximum Gasteiger partial charge on any atom is 0.240 e. The van der Waals surface area contributed by atoms with E-state index in [2.05, 4.69) is 5.32 Å². The zero-order chi connectivity index (χ0) is 27.8. The number of benzene rings is 3. The van der Waals surface area contributed by atoms with Crippen molar-refractivity contribution < 1.29 is 14.3 Å². The lowest BCUT2D eigenvalue weighted by Crippen LogP contribution is -2.43. The first-order valence-corrected chi connectivity index (χ1v) is 14.7. The molecule has 2 heterocycles. The summed E-state index contributed by atoms with van der Waals surface area (Å²) in [5.74, 6) is 1.19. The molecule has 9 heteroatoms. The number of thioether (sulfide) groups is 1. The van der Waals surface area contributed by atoms with Crippen LogP contribution in [0, 0.1) is 6.92 Å². The van der Waals surface area contributed by atoms with Gasteiger partial charge in [0.25, 0.3) is 0 Å². The number of fused-ring (bicyclic) bond motifs is 1. The van der Waals surface area contributed by atoms with Crippen LogP contribution in [0.5, 0.6) is 5.75 Å². The van der Waals surface area contributed by atoms with Gasteiger partial charge in [0.1, 0.15) is 18.1 Å². The predicted octanol–water partition coefficient (Wildman–Crippen LogP) is 5.96. The van der Waals surface area contributed by atoms with Crippen LogP contribution in [0.25, 0.3) is 16.9 Å². The highest BCUT2D eigenvalue weighted by Gasteiger charge is 2.39. The summed E-state index contributed by atoms with van der Waals surface area (Å²) in [5.41, 5.74) is 5.28. The van der Waals surface area contributed by atoms with Crippen LogP contribution in [0.2, 0.25) is 5.02 Å². The van der Waals surface area contributed by atoms with E-state index in [4.69, 9.17) is 21.4 Å². The van der Waals surface area contributed by atoms with Crippen LogP contribution in [-0.2, 0) is 9.59 Å². The number of anilines is 1. The molecule has 1 fully saturated rings. The van der Waals surface area contributed by atoms with Crippen LogP contribution >= 0.6 is 23.4 Å². The molecule has 40 heavy (non-hydrogen) atoms. The van der Waals surface area contributed by atoms with Gasteiger partial charge in [-0.15, -0.1) is 11.8 Å². The van der Waals surface area contributed by atoms with E-state index in [-0.39, 0.29) is 35.4 Å². The molecule has 1 N–H and O–H groups in total. The zero-order valence-electron chi connectivity index (χ0n) is 22.3. The van der Waals surface area contributed by atoms with Crippen LogP contribution in [-0.4, -0.2) is 47.0 Å². The first-order chi connectivity index (χ1) is 19.4. The molecule has 0 radical (unpaired) electrons. The van der Waals surface area contributed by atoms with Gasteiger partial charge < -0.3 is 10.1 Å². The van der Waals surface area contributed by atoms with Gasteiger partial charge in [-0.25, -0.2) is 4.68 Å². The first kappa shape index (κ1) is 26.5. The van der Waals surface area contributed by atoms with E-state index in [1.54, 1.807) is 16.7 Å². The van der Waals surface area contributed by atoms with Gasteiger partial charge in [-0.3, -0.25) is 14.5 Å². The van der Waals surface area contributed by atoms with E-state index in [1.807, 2.05) is 79.7 Å². The quantitative estimate of drug-likeness (QED) is 0.296. The molecule has 7 nitrogen and oxygen atoms in total. The lowest BCUT2D eigenvalue weighted by molar-refractivity contribution is -0.123. The number of para-hydroxylation sites is 1. The topological polar surface area (TPSA) is 76.5 Å². The minimum atomic E-state index is -0.281. The Kier molecular flexibility index (Phi) is 7.29. The zero-order valence-corrected chi connectivity index (χ0v) is 23.8. The lowest BCUT2D eigenvalue weighted by atomic mass is 9.99. The Morgan fingerprint density at radius 1 is 1.07 bits per heavy atom. The van der Waals surface area contributed by atoms with Gasteiger partial charge in [0.05, 0.1) is 29.5 Å². The van der Waals surface area contributed by atoms with Crippen molar-refractivity contribution in [3.8, 4) is 22.7 Å². The van der Waals surface area contributed by atoms with Crippen molar-refractivity contribution in [3.63, 3.8) is 0 Å². The van der Waals surface area contributed by atoms with Gasteiger partial charge in [-0.2, -0.15) is 5.10 Å². The molecule has 0 spiro atoms. The van der Waals surface area contributed by atoms with Gasteiger partial charge in [0.15, 0.2) is 0 Å². The minimum absolute atomic E-state index is 0.0842. The summed E-state index contributed by atoms with van der Waals surface area (Å²) in [6.07, 6.45) is 1.94. The number of methoxy groups -OCH3 is 1. The number of nitrogens with zero attached hydrogens (tertiary/aromatic N) is 3. The maximum atomic E-state index is 13.8. The molecule has 4 aromatic rings. The highest BCUT2D eigenvalue weighted by molar-refractivity contribution is 8.00. The summed E-state index contributed by atoms with van der Waals surface area (Å²) in [6, 6.07) is 23.6. The Balaban J connectivity index is 1.62. The molecule has 0 bridgehead atoms. The molecular weight excluding hydrogens is 544 g/mol. The van der Waals surface area contributed by atoms with Crippen molar-refractivity contribution in [2.24, 2.45) is 0 Å². The third-order valence-electron chi connectivity index (χ3n) is 7.15. The van der Waals surface area contributed by atoms with Crippen LogP contribution in [0.4, 0.5) is 5.82 Å². The second kappa shape index (κ2) is 11.0. The normalized spacial score (nSPS) is 16.8. The van der Waals surface area contributed by atoms with Gasteiger partial charge >= 0.3 is 0 Å². The highest BCUT2D eigenvalue weighted by atomic mass is 35.5. The van der Waals surface area contributed by atoms with Crippen LogP contribution in [0.15, 0.2) is 72.8 Å². The smallest absolute Gasteiger partial charge is 0.240 e. The number of aryl methyl sites for hydroxylation is 1. The average Bonchev–Trinajstić information content (AvgIpc) is 3.72. The number of amides is 2. The van der Waals surface area contributed by atoms with E-state index >= 15 is 0 Å². The molecule has 3 aromatic carbocycles. The third kappa shape index (κ3) is 5.21. The number of halogens is 1. The third-order valence-corrected chi connectivity index (χ3v) is 8.64. The van der Waals surface area contributed by atoms with Gasteiger partial charge in [0, 0.05) is 27.8 Å². The number of rotatable bonds is 7. The number of carbonyl (C=O) groups excluding carboxylic acids is 2. The fourth-order valence-electron chi connectivity index (χ4n) is 4.98. The van der Waals surface area contributed by atoms with Crippen LogP contribution in [0.1, 0.15) is 34.8 Å². The molecule has 0 saturated heterocycles. The molecule has 1 aliphatic heterocycles. The Bertz CT molecular complexity index is 1560. The number of carbonyl (C=O) groups is 2. The van der Waals surface area contributed by atoms with Crippen molar-refractivity contribution in [3.05, 3.63) is 94.5 Å². The summed E-state index contributed by atoms with van der Waals surface area (Å²) in [5, 5.41) is 8.51. The molecule has 2 amide bonds. The van der Waals surface area contributed by atoms with E-state index < -0.39 is 0 Å². The molecule has 2 aliphatic rings. The van der Waals surface area contributed by atoms with Gasteiger partial charge in [-0.1, -0.05) is 59.6 Å². The number of aromatic nitrogens is 2. The Hall–Kier alpha value is -3.75. The molecule has 1 atom stereocenters. The Morgan fingerprint density at radius 2 is 1.80 bits per heavy atom. The number of hydrogen-bond donors (Lipinski definition) is 1. The van der Waals surface area contributed by atoms with Crippen LogP contribution < -0.4 is 15.0 Å². The van der Waals surface area contributed by atoms with Gasteiger partial charge in [0.2, 0.25) is 11.8 Å².